The van der Waals surface area contributed by atoms with Crippen LogP contribution in [-0.2, 0) is 4.79 Å². The van der Waals surface area contributed by atoms with Crippen molar-refractivity contribution < 1.29 is 19.6 Å². The molecule has 1 aromatic carbocycles. The lowest BCUT2D eigenvalue weighted by molar-refractivity contribution is -0.714. The predicted molar refractivity (Wildman–Crippen MR) is 121 cm³/mol. The quantitative estimate of drug-likeness (QED) is 0.616. The second-order valence-electron chi connectivity index (χ2n) is 8.49. The van der Waals surface area contributed by atoms with E-state index in [9.17, 15) is 9.59 Å². The summed E-state index contributed by atoms with van der Waals surface area (Å²) in [5.41, 5.74) is 0.711. The molecule has 1 spiro atoms. The van der Waals surface area contributed by atoms with Crippen molar-refractivity contribution in [1.29, 1.82) is 0 Å². The second kappa shape index (κ2) is 10.5. The molecule has 2 aliphatic heterocycles. The van der Waals surface area contributed by atoms with Crippen LogP contribution in [0.4, 0.5) is 0 Å². The number of rotatable bonds is 8. The molecule has 2 heterocycles. The number of ether oxygens (including phenoxy) is 1. The lowest BCUT2D eigenvalue weighted by Gasteiger charge is -2.36. The first-order valence-electron chi connectivity index (χ1n) is 11.3. The number of thioether (sulfide) groups is 1. The first-order valence-corrected chi connectivity index (χ1v) is 12.3. The number of likely N-dealkylation sites (tertiary alicyclic amines) is 1. The summed E-state index contributed by atoms with van der Waals surface area (Å²) in [6.45, 7) is 8.44. The smallest absolute Gasteiger partial charge is 0.279 e. The SMILES string of the molecule is CCCCOc1ccc(C(=O)N2CCC3(CC2)[NH2+][C@@H](C(=O)N[C@H](C)CC)CS3)cc1. The van der Waals surface area contributed by atoms with Gasteiger partial charge in [0.2, 0.25) is 0 Å². The Hall–Kier alpha value is -1.73. The van der Waals surface area contributed by atoms with E-state index in [-0.39, 0.29) is 28.8 Å². The number of hydrogen-bond donors (Lipinski definition) is 2. The Morgan fingerprint density at radius 3 is 2.60 bits per heavy atom. The molecule has 3 N–H and O–H groups in total. The highest BCUT2D eigenvalue weighted by Crippen LogP contribution is 2.34. The van der Waals surface area contributed by atoms with E-state index >= 15 is 0 Å². The summed E-state index contributed by atoms with van der Waals surface area (Å²) >= 11 is 1.89. The molecule has 0 aromatic heterocycles. The Morgan fingerprint density at radius 1 is 1.27 bits per heavy atom. The van der Waals surface area contributed by atoms with Gasteiger partial charge in [-0.15, -0.1) is 0 Å². The van der Waals surface area contributed by atoms with Gasteiger partial charge in [0.05, 0.1) is 12.4 Å². The Morgan fingerprint density at radius 2 is 1.97 bits per heavy atom. The fourth-order valence-corrected chi connectivity index (χ4v) is 5.42. The number of benzene rings is 1. The van der Waals surface area contributed by atoms with Gasteiger partial charge in [0.15, 0.2) is 6.04 Å². The monoisotopic (exact) mass is 434 g/mol. The number of amides is 2. The lowest BCUT2D eigenvalue weighted by atomic mass is 10.0. The molecule has 3 rings (SSSR count). The first-order chi connectivity index (χ1) is 14.5. The van der Waals surface area contributed by atoms with Crippen LogP contribution < -0.4 is 15.4 Å². The largest absolute Gasteiger partial charge is 0.494 e. The molecule has 7 heteroatoms. The number of nitrogens with zero attached hydrogens (tertiary/aromatic N) is 1. The van der Waals surface area contributed by atoms with Crippen LogP contribution in [0.25, 0.3) is 0 Å². The van der Waals surface area contributed by atoms with Gasteiger partial charge in [-0.25, -0.2) is 0 Å². The average molecular weight is 435 g/mol. The molecule has 30 heavy (non-hydrogen) atoms. The summed E-state index contributed by atoms with van der Waals surface area (Å²) in [7, 11) is 0. The molecule has 0 saturated carbocycles. The Balaban J connectivity index is 1.49. The van der Waals surface area contributed by atoms with Crippen LogP contribution >= 0.6 is 11.8 Å². The number of unbranched alkanes of at least 4 members (excludes halogenated alkanes) is 1. The summed E-state index contributed by atoms with van der Waals surface area (Å²) in [6, 6.07) is 7.69. The number of hydrogen-bond acceptors (Lipinski definition) is 4. The van der Waals surface area contributed by atoms with E-state index in [1.54, 1.807) is 0 Å². The summed E-state index contributed by atoms with van der Waals surface area (Å²) in [5.74, 6) is 1.89. The maximum absolute atomic E-state index is 12.9. The molecular weight excluding hydrogens is 398 g/mol. The van der Waals surface area contributed by atoms with Crippen molar-refractivity contribution >= 4 is 23.6 Å². The van der Waals surface area contributed by atoms with Gasteiger partial charge < -0.3 is 20.3 Å². The van der Waals surface area contributed by atoms with Gasteiger partial charge in [-0.1, -0.05) is 32.0 Å². The molecule has 2 aliphatic rings. The zero-order chi connectivity index (χ0) is 21.6. The third-order valence-electron chi connectivity index (χ3n) is 6.16. The van der Waals surface area contributed by atoms with Crippen molar-refractivity contribution in [3.8, 4) is 5.75 Å². The van der Waals surface area contributed by atoms with Gasteiger partial charge >= 0.3 is 0 Å². The van der Waals surface area contributed by atoms with Crippen molar-refractivity contribution in [2.75, 3.05) is 25.4 Å². The fraction of sp³-hybridized carbons (Fsp3) is 0.652. The molecule has 0 aliphatic carbocycles. The van der Waals surface area contributed by atoms with Crippen molar-refractivity contribution in [3.05, 3.63) is 29.8 Å². The van der Waals surface area contributed by atoms with Crippen molar-refractivity contribution in [2.24, 2.45) is 0 Å². The predicted octanol–water partition coefficient (Wildman–Crippen LogP) is 2.39. The summed E-state index contributed by atoms with van der Waals surface area (Å²) in [5, 5.41) is 5.35. The molecule has 166 valence electrons. The maximum atomic E-state index is 12.9. The van der Waals surface area contributed by atoms with Crippen molar-refractivity contribution in [3.63, 3.8) is 0 Å². The second-order valence-corrected chi connectivity index (χ2v) is 9.92. The molecule has 2 fully saturated rings. The number of quaternary nitrogens is 1. The Bertz CT molecular complexity index is 717. The van der Waals surface area contributed by atoms with Gasteiger partial charge in [-0.3, -0.25) is 9.59 Å². The highest BCUT2D eigenvalue weighted by molar-refractivity contribution is 8.00. The number of piperidine rings is 1. The van der Waals surface area contributed by atoms with Crippen LogP contribution in [0.2, 0.25) is 0 Å². The van der Waals surface area contributed by atoms with Crippen molar-refractivity contribution in [1.82, 2.24) is 10.2 Å². The van der Waals surface area contributed by atoms with E-state index in [1.165, 1.54) is 0 Å². The standard InChI is InChI=1S/C23H35N3O3S/c1-4-6-15-29-19-9-7-18(8-10-19)22(28)26-13-11-23(12-14-26)25-20(16-30-23)21(27)24-17(3)5-2/h7-10,17,20,25H,4-6,11-16H2,1-3H3,(H,24,27)/p+1/t17-,20-/m1/s1. The minimum atomic E-state index is -0.0218. The lowest BCUT2D eigenvalue weighted by Crippen LogP contribution is -3.00. The van der Waals surface area contributed by atoms with Crippen LogP contribution in [0.15, 0.2) is 24.3 Å². The van der Waals surface area contributed by atoms with E-state index < -0.39 is 0 Å². The molecule has 2 atom stereocenters. The Labute approximate surface area is 184 Å². The van der Waals surface area contributed by atoms with Gasteiger partial charge in [-0.05, 0) is 44.0 Å². The third-order valence-corrected chi connectivity index (χ3v) is 7.80. The highest BCUT2D eigenvalue weighted by atomic mass is 32.2. The highest BCUT2D eigenvalue weighted by Gasteiger charge is 2.48. The zero-order valence-electron chi connectivity index (χ0n) is 18.5. The third kappa shape index (κ3) is 5.70. The van der Waals surface area contributed by atoms with Crippen LogP contribution in [0, 0.1) is 0 Å². The van der Waals surface area contributed by atoms with E-state index in [0.717, 1.165) is 56.7 Å². The average Bonchev–Trinajstić information content (AvgIpc) is 3.18. The normalized spacial score (nSPS) is 21.4. The number of nitrogens with one attached hydrogen (secondary N) is 1. The topological polar surface area (TPSA) is 75.2 Å². The van der Waals surface area contributed by atoms with Gasteiger partial charge in [-0.2, -0.15) is 0 Å². The summed E-state index contributed by atoms with van der Waals surface area (Å²) < 4.78 is 5.69. The van der Waals surface area contributed by atoms with Crippen LogP contribution in [0.3, 0.4) is 0 Å². The van der Waals surface area contributed by atoms with Crippen molar-refractivity contribution in [2.45, 2.75) is 69.8 Å². The maximum Gasteiger partial charge on any atom is 0.279 e. The fourth-order valence-electron chi connectivity index (χ4n) is 3.93. The molecule has 0 bridgehead atoms. The first kappa shape index (κ1) is 22.9. The molecule has 2 saturated heterocycles. The van der Waals surface area contributed by atoms with Gasteiger partial charge in [0.25, 0.3) is 11.8 Å². The minimum absolute atomic E-state index is 0.0218. The van der Waals surface area contributed by atoms with Crippen LogP contribution in [0.1, 0.15) is 63.2 Å². The van der Waals surface area contributed by atoms with Gasteiger partial charge in [0.1, 0.15) is 10.6 Å². The number of carbonyl (C=O) groups is 2. The minimum Gasteiger partial charge on any atom is -0.494 e. The zero-order valence-corrected chi connectivity index (χ0v) is 19.3. The number of carbonyl (C=O) groups excluding carboxylic acids is 2. The van der Waals surface area contributed by atoms with E-state index in [4.69, 9.17) is 4.74 Å². The summed E-state index contributed by atoms with van der Waals surface area (Å²) in [6.07, 6.45) is 4.90. The molecule has 1 aromatic rings. The van der Waals surface area contributed by atoms with E-state index in [2.05, 4.69) is 24.5 Å². The number of nitrogens with two attached hydrogens (primary N) is 1. The summed E-state index contributed by atoms with van der Waals surface area (Å²) in [4.78, 5) is 27.4. The van der Waals surface area contributed by atoms with Crippen LogP contribution in [0.5, 0.6) is 5.75 Å². The molecule has 6 nitrogen and oxygen atoms in total. The van der Waals surface area contributed by atoms with Gasteiger partial charge in [0, 0.05) is 37.5 Å². The molecule has 0 radical (unpaired) electrons. The van der Waals surface area contributed by atoms with E-state index in [0.29, 0.717) is 12.2 Å². The molecular formula is C23H36N3O3S+. The molecule has 0 unspecified atom stereocenters. The Kier molecular flexibility index (Phi) is 8.06. The van der Waals surface area contributed by atoms with E-state index in [1.807, 2.05) is 47.9 Å². The molecule has 2 amide bonds. The van der Waals surface area contributed by atoms with Crippen LogP contribution in [-0.4, -0.2) is 59.1 Å².